The van der Waals surface area contributed by atoms with Gasteiger partial charge >= 0.3 is 0 Å². The van der Waals surface area contributed by atoms with E-state index in [-0.39, 0.29) is 36.5 Å². The summed E-state index contributed by atoms with van der Waals surface area (Å²) in [5, 5.41) is 15.5. The molecule has 7 N–H and O–H groups in total. The summed E-state index contributed by atoms with van der Waals surface area (Å²) < 4.78 is 0. The van der Waals surface area contributed by atoms with Gasteiger partial charge in [-0.2, -0.15) is 0 Å². The summed E-state index contributed by atoms with van der Waals surface area (Å²) >= 11 is 0. The van der Waals surface area contributed by atoms with E-state index in [2.05, 4.69) is 11.1 Å². The van der Waals surface area contributed by atoms with Gasteiger partial charge in [0.2, 0.25) is 0 Å². The van der Waals surface area contributed by atoms with Crippen molar-refractivity contribution < 1.29 is 0 Å². The number of nitrogens with two attached hydrogens (primary N) is 2. The van der Waals surface area contributed by atoms with Crippen LogP contribution in [-0.2, 0) is 6.42 Å². The van der Waals surface area contributed by atoms with Crippen LogP contribution in [0.15, 0.2) is 42.5 Å². The second-order valence-corrected chi connectivity index (χ2v) is 5.29. The van der Waals surface area contributed by atoms with Crippen LogP contribution in [0.1, 0.15) is 11.3 Å². The molecule has 0 spiro atoms. The van der Waals surface area contributed by atoms with E-state index in [1.54, 1.807) is 6.08 Å². The Morgan fingerprint density at radius 3 is 2.22 bits per heavy atom. The van der Waals surface area contributed by atoms with E-state index in [4.69, 9.17) is 22.3 Å². The Morgan fingerprint density at radius 2 is 1.65 bits per heavy atom. The molecule has 1 heterocycles. The van der Waals surface area contributed by atoms with E-state index in [1.165, 1.54) is 0 Å². The number of H-pyrrole nitrogens is 1. The minimum Gasteiger partial charge on any atom is -0.387 e. The summed E-state index contributed by atoms with van der Waals surface area (Å²) in [6, 6.07) is 12.1. The Labute approximate surface area is 147 Å². The first-order valence-electron chi connectivity index (χ1n) is 6.68. The van der Waals surface area contributed by atoms with Crippen molar-refractivity contribution in [2.75, 3.05) is 0 Å². The van der Waals surface area contributed by atoms with Crippen molar-refractivity contribution >= 4 is 42.6 Å². The number of fused-ring (bicyclic) bond motifs is 1. The monoisotopic (exact) mass is 351 g/mol. The Balaban J connectivity index is 0.00000132. The maximum atomic E-state index is 7.77. The fraction of sp³-hybridized carbons (Fsp3) is 0.125. The zero-order valence-electron chi connectivity index (χ0n) is 12.3. The first-order chi connectivity index (χ1) is 10.0. The second-order valence-electron chi connectivity index (χ2n) is 5.29. The van der Waals surface area contributed by atoms with Crippen molar-refractivity contribution in [1.82, 2.24) is 4.98 Å². The number of halogens is 2. The molecule has 0 radical (unpaired) electrons. The lowest BCUT2D eigenvalue weighted by Crippen LogP contribution is -2.48. The van der Waals surface area contributed by atoms with Gasteiger partial charge in [-0.15, -0.1) is 24.8 Å². The van der Waals surface area contributed by atoms with E-state index in [0.717, 1.165) is 22.5 Å². The predicted octanol–water partition coefficient (Wildman–Crippen LogP) is 2.95. The lowest BCUT2D eigenvalue weighted by Gasteiger charge is -2.30. The average molecular weight is 352 g/mol. The molecule has 0 saturated carbocycles. The third kappa shape index (κ3) is 3.11. The highest BCUT2D eigenvalue weighted by Gasteiger charge is 2.38. The van der Waals surface area contributed by atoms with Crippen molar-refractivity contribution in [3.05, 3.63) is 53.7 Å². The molecule has 0 aliphatic heterocycles. The van der Waals surface area contributed by atoms with E-state index < -0.39 is 5.41 Å². The van der Waals surface area contributed by atoms with Crippen LogP contribution in [0.4, 0.5) is 0 Å². The minimum absolute atomic E-state index is 0. The number of nitrogens with one attached hydrogen (secondary N) is 3. The average Bonchev–Trinajstić information content (AvgIpc) is 2.90. The highest BCUT2D eigenvalue weighted by Crippen LogP contribution is 2.34. The summed E-state index contributed by atoms with van der Waals surface area (Å²) in [5.41, 5.74) is 14.4. The maximum Gasteiger partial charge on any atom is 0.109 e. The van der Waals surface area contributed by atoms with Gasteiger partial charge in [0.05, 0.1) is 0 Å². The van der Waals surface area contributed by atoms with Gasteiger partial charge in [0, 0.05) is 17.8 Å². The molecule has 1 aliphatic rings. The largest absolute Gasteiger partial charge is 0.387 e. The van der Waals surface area contributed by atoms with Crippen molar-refractivity contribution in [2.45, 2.75) is 6.42 Å². The third-order valence-electron chi connectivity index (χ3n) is 3.98. The second kappa shape index (κ2) is 6.89. The van der Waals surface area contributed by atoms with Gasteiger partial charge in [-0.05, 0) is 17.2 Å². The summed E-state index contributed by atoms with van der Waals surface area (Å²) in [7, 11) is 0. The van der Waals surface area contributed by atoms with Crippen LogP contribution in [0.2, 0.25) is 0 Å². The van der Waals surface area contributed by atoms with Gasteiger partial charge in [0.25, 0.3) is 0 Å². The predicted molar refractivity (Wildman–Crippen MR) is 99.7 cm³/mol. The fourth-order valence-electron chi connectivity index (χ4n) is 2.67. The van der Waals surface area contributed by atoms with Gasteiger partial charge < -0.3 is 16.5 Å². The first kappa shape index (κ1) is 18.8. The highest BCUT2D eigenvalue weighted by atomic mass is 35.5. The van der Waals surface area contributed by atoms with Crippen LogP contribution in [0.5, 0.6) is 0 Å². The number of hydrogen-bond acceptors (Lipinski definition) is 2. The number of benzene rings is 1. The molecule has 1 aliphatic carbocycles. The van der Waals surface area contributed by atoms with Crippen LogP contribution in [0.3, 0.4) is 0 Å². The van der Waals surface area contributed by atoms with E-state index in [9.17, 15) is 0 Å². The Morgan fingerprint density at radius 1 is 1.04 bits per heavy atom. The van der Waals surface area contributed by atoms with E-state index in [0.29, 0.717) is 6.42 Å². The molecule has 1 aromatic heterocycles. The Kier molecular flexibility index (Phi) is 5.64. The molecular weight excluding hydrogens is 333 g/mol. The van der Waals surface area contributed by atoms with Crippen LogP contribution >= 0.6 is 24.8 Å². The molecule has 0 atom stereocenters. The molecular formula is C16H19Cl2N5. The highest BCUT2D eigenvalue weighted by molar-refractivity contribution is 6.09. The third-order valence-corrected chi connectivity index (χ3v) is 3.98. The SMILES string of the molecule is Cl.Cl.N=C(N)C1(C(=N)N)C=Cc2cc(-c3ccccc3)[nH]c2C1. The number of aromatic nitrogens is 1. The first-order valence-corrected chi connectivity index (χ1v) is 6.68. The Bertz CT molecular complexity index is 735. The Hall–Kier alpha value is -2.24. The fourth-order valence-corrected chi connectivity index (χ4v) is 2.67. The summed E-state index contributed by atoms with van der Waals surface area (Å²) in [6.45, 7) is 0. The van der Waals surface area contributed by atoms with E-state index >= 15 is 0 Å². The van der Waals surface area contributed by atoms with Gasteiger partial charge in [0.15, 0.2) is 0 Å². The quantitative estimate of drug-likeness (QED) is 0.432. The number of hydrogen-bond donors (Lipinski definition) is 5. The molecule has 122 valence electrons. The molecule has 0 saturated heterocycles. The van der Waals surface area contributed by atoms with Gasteiger partial charge in [-0.3, -0.25) is 10.8 Å². The smallest absolute Gasteiger partial charge is 0.109 e. The molecule has 23 heavy (non-hydrogen) atoms. The van der Waals surface area contributed by atoms with Gasteiger partial charge in [-0.25, -0.2) is 0 Å². The molecule has 0 fully saturated rings. The van der Waals surface area contributed by atoms with Gasteiger partial charge in [0.1, 0.15) is 17.1 Å². The standard InChI is InChI=1S/C16H17N5.2ClH/c17-14(18)16(15(19)20)7-6-11-8-12(21-13(11)9-16)10-4-2-1-3-5-10;;/h1-8,21H,9H2,(H3,17,18)(H3,19,20);2*1H. The zero-order chi connectivity index (χ0) is 15.0. The van der Waals surface area contributed by atoms with Crippen molar-refractivity contribution in [1.29, 1.82) is 10.8 Å². The summed E-state index contributed by atoms with van der Waals surface area (Å²) in [5.74, 6) is -0.208. The van der Waals surface area contributed by atoms with E-state index in [1.807, 2.05) is 36.4 Å². The molecule has 1 aromatic carbocycles. The number of rotatable bonds is 3. The van der Waals surface area contributed by atoms with Crippen LogP contribution < -0.4 is 11.5 Å². The molecule has 7 heteroatoms. The molecule has 0 amide bonds. The summed E-state index contributed by atoms with van der Waals surface area (Å²) in [6.07, 6.45) is 4.05. The minimum atomic E-state index is -1.01. The van der Waals surface area contributed by atoms with Crippen molar-refractivity contribution in [2.24, 2.45) is 16.9 Å². The van der Waals surface area contributed by atoms with Crippen LogP contribution in [0.25, 0.3) is 17.3 Å². The number of amidine groups is 2. The van der Waals surface area contributed by atoms with Crippen molar-refractivity contribution in [3.8, 4) is 11.3 Å². The van der Waals surface area contributed by atoms with Crippen LogP contribution in [0, 0.1) is 16.2 Å². The molecule has 5 nitrogen and oxygen atoms in total. The molecule has 0 bridgehead atoms. The topological polar surface area (TPSA) is 116 Å². The molecule has 0 unspecified atom stereocenters. The van der Waals surface area contributed by atoms with Gasteiger partial charge in [-0.1, -0.05) is 42.5 Å². The number of aromatic amines is 1. The normalized spacial score (nSPS) is 18.3. The maximum absolute atomic E-state index is 7.77. The lowest BCUT2D eigenvalue weighted by atomic mass is 9.76. The lowest BCUT2D eigenvalue weighted by molar-refractivity contribution is 0.674. The van der Waals surface area contributed by atoms with Crippen LogP contribution in [-0.4, -0.2) is 16.7 Å². The van der Waals surface area contributed by atoms with Crippen molar-refractivity contribution in [3.63, 3.8) is 0 Å². The zero-order valence-corrected chi connectivity index (χ0v) is 13.9. The summed E-state index contributed by atoms with van der Waals surface area (Å²) in [4.78, 5) is 3.36. The molecule has 2 aromatic rings. The molecule has 3 rings (SSSR count).